The van der Waals surface area contributed by atoms with Gasteiger partial charge in [0.2, 0.25) is 10.0 Å². The molecule has 9 heteroatoms. The Morgan fingerprint density at radius 1 is 1.28 bits per heavy atom. The van der Waals surface area contributed by atoms with Gasteiger partial charge < -0.3 is 4.74 Å². The minimum Gasteiger partial charge on any atom is -0.487 e. The van der Waals surface area contributed by atoms with Crippen LogP contribution in [0.1, 0.15) is 12.8 Å². The molecule has 1 aliphatic rings. The standard InChI is InChI=1S/C16H15ClF2N2O3S/c17-13-9-20-6-5-15(13)24-12-2-1-7-21(10-12)25(22,23)16-8-11(18)3-4-14(16)19/h3-6,8-9,12H,1-2,7,10H2. The molecule has 134 valence electrons. The zero-order valence-electron chi connectivity index (χ0n) is 13.0. The van der Waals surface area contributed by atoms with Gasteiger partial charge in [-0.2, -0.15) is 4.31 Å². The lowest BCUT2D eigenvalue weighted by Gasteiger charge is -2.32. The maximum Gasteiger partial charge on any atom is 0.246 e. The maximum atomic E-state index is 13.9. The average molecular weight is 389 g/mol. The number of benzene rings is 1. The van der Waals surface area contributed by atoms with Crippen LogP contribution in [-0.2, 0) is 10.0 Å². The van der Waals surface area contributed by atoms with Crippen molar-refractivity contribution < 1.29 is 21.9 Å². The van der Waals surface area contributed by atoms with Gasteiger partial charge in [-0.1, -0.05) is 11.6 Å². The highest BCUT2D eigenvalue weighted by molar-refractivity contribution is 7.89. The van der Waals surface area contributed by atoms with Crippen LogP contribution in [0.2, 0.25) is 5.02 Å². The summed E-state index contributed by atoms with van der Waals surface area (Å²) in [5.41, 5.74) is 0. The number of pyridine rings is 1. The Balaban J connectivity index is 1.81. The molecule has 5 nitrogen and oxygen atoms in total. The van der Waals surface area contributed by atoms with Crippen molar-refractivity contribution in [2.75, 3.05) is 13.1 Å². The molecule has 0 spiro atoms. The first-order valence-corrected chi connectivity index (χ1v) is 9.41. The summed E-state index contributed by atoms with van der Waals surface area (Å²) in [6.07, 6.45) is 3.65. The normalized spacial score (nSPS) is 18.9. The fourth-order valence-electron chi connectivity index (χ4n) is 2.67. The van der Waals surface area contributed by atoms with Crippen LogP contribution >= 0.6 is 11.6 Å². The number of halogens is 3. The Kier molecular flexibility index (Phi) is 5.21. The minimum absolute atomic E-state index is 0.0247. The van der Waals surface area contributed by atoms with Crippen molar-refractivity contribution in [3.05, 3.63) is 53.3 Å². The molecule has 1 aliphatic heterocycles. The van der Waals surface area contributed by atoms with E-state index in [1.165, 1.54) is 12.4 Å². The molecular formula is C16H15ClF2N2O3S. The molecule has 0 radical (unpaired) electrons. The molecule has 1 aromatic carbocycles. The van der Waals surface area contributed by atoms with E-state index < -0.39 is 32.7 Å². The molecule has 0 aliphatic carbocycles. The second kappa shape index (κ2) is 7.23. The van der Waals surface area contributed by atoms with Crippen LogP contribution in [0.25, 0.3) is 0 Å². The monoisotopic (exact) mass is 388 g/mol. The third kappa shape index (κ3) is 3.91. The number of nitrogens with zero attached hydrogens (tertiary/aromatic N) is 2. The van der Waals surface area contributed by atoms with Crippen LogP contribution in [0.4, 0.5) is 8.78 Å². The predicted octanol–water partition coefficient (Wildman–Crippen LogP) is 3.25. The van der Waals surface area contributed by atoms with Gasteiger partial charge in [-0.15, -0.1) is 0 Å². The molecule has 0 saturated carbocycles. The van der Waals surface area contributed by atoms with Crippen LogP contribution in [0.15, 0.2) is 41.6 Å². The largest absolute Gasteiger partial charge is 0.487 e. The number of aromatic nitrogens is 1. The quantitative estimate of drug-likeness (QED) is 0.806. The van der Waals surface area contributed by atoms with Gasteiger partial charge in [-0.3, -0.25) is 4.98 Å². The zero-order valence-corrected chi connectivity index (χ0v) is 14.6. The molecule has 25 heavy (non-hydrogen) atoms. The summed E-state index contributed by atoms with van der Waals surface area (Å²) in [4.78, 5) is 3.18. The molecule has 0 amide bonds. The molecule has 2 heterocycles. The number of rotatable bonds is 4. The lowest BCUT2D eigenvalue weighted by atomic mass is 10.1. The van der Waals surface area contributed by atoms with Crippen molar-refractivity contribution in [1.82, 2.24) is 9.29 Å². The summed E-state index contributed by atoms with van der Waals surface area (Å²) >= 11 is 5.99. The molecule has 1 aromatic heterocycles. The SMILES string of the molecule is O=S(=O)(c1cc(F)ccc1F)N1CCCC(Oc2ccncc2Cl)C1. The molecule has 1 fully saturated rings. The van der Waals surface area contributed by atoms with Gasteiger partial charge >= 0.3 is 0 Å². The van der Waals surface area contributed by atoms with Gasteiger partial charge in [0, 0.05) is 25.0 Å². The summed E-state index contributed by atoms with van der Waals surface area (Å²) < 4.78 is 59.4. The fourth-order valence-corrected chi connectivity index (χ4v) is 4.42. The maximum absolute atomic E-state index is 13.9. The molecule has 0 bridgehead atoms. The third-order valence-corrected chi connectivity index (χ3v) is 6.04. The van der Waals surface area contributed by atoms with Crippen molar-refractivity contribution in [1.29, 1.82) is 0 Å². The minimum atomic E-state index is -4.16. The number of ether oxygens (including phenoxy) is 1. The second-order valence-electron chi connectivity index (χ2n) is 5.63. The molecule has 1 saturated heterocycles. The Morgan fingerprint density at radius 2 is 2.08 bits per heavy atom. The van der Waals surface area contributed by atoms with Crippen LogP contribution in [-0.4, -0.2) is 36.9 Å². The molecule has 1 atom stereocenters. The molecule has 2 aromatic rings. The second-order valence-corrected chi connectivity index (χ2v) is 7.94. The van der Waals surface area contributed by atoms with Gasteiger partial charge in [0.1, 0.15) is 33.4 Å². The predicted molar refractivity (Wildman–Crippen MR) is 88.0 cm³/mol. The first kappa shape index (κ1) is 18.0. The van der Waals surface area contributed by atoms with Gasteiger partial charge in [0.05, 0.1) is 6.54 Å². The van der Waals surface area contributed by atoms with Crippen LogP contribution < -0.4 is 4.74 Å². The highest BCUT2D eigenvalue weighted by atomic mass is 35.5. The van der Waals surface area contributed by atoms with Crippen LogP contribution in [0.3, 0.4) is 0 Å². The van der Waals surface area contributed by atoms with E-state index in [0.29, 0.717) is 29.7 Å². The van der Waals surface area contributed by atoms with Crippen LogP contribution in [0, 0.1) is 11.6 Å². The van der Waals surface area contributed by atoms with E-state index in [4.69, 9.17) is 16.3 Å². The van der Waals surface area contributed by atoms with Crippen molar-refractivity contribution >= 4 is 21.6 Å². The summed E-state index contributed by atoms with van der Waals surface area (Å²) in [6, 6.07) is 3.95. The summed E-state index contributed by atoms with van der Waals surface area (Å²) in [5, 5.41) is 0.318. The van der Waals surface area contributed by atoms with Gasteiger partial charge in [0.25, 0.3) is 0 Å². The molecule has 1 unspecified atom stereocenters. The van der Waals surface area contributed by atoms with E-state index >= 15 is 0 Å². The summed E-state index contributed by atoms with van der Waals surface area (Å²) in [5.74, 6) is -1.40. The number of piperidine rings is 1. The van der Waals surface area contributed by atoms with E-state index in [1.54, 1.807) is 6.07 Å². The Hall–Kier alpha value is -1.77. The van der Waals surface area contributed by atoms with Crippen molar-refractivity contribution in [2.24, 2.45) is 0 Å². The van der Waals surface area contributed by atoms with Gasteiger partial charge in [-0.25, -0.2) is 17.2 Å². The van der Waals surface area contributed by atoms with Crippen LogP contribution in [0.5, 0.6) is 5.75 Å². The molecule has 3 rings (SSSR count). The van der Waals surface area contributed by atoms with E-state index in [0.717, 1.165) is 16.4 Å². The van der Waals surface area contributed by atoms with E-state index in [1.807, 2.05) is 0 Å². The first-order chi connectivity index (χ1) is 11.9. The third-order valence-electron chi connectivity index (χ3n) is 3.88. The highest BCUT2D eigenvalue weighted by Gasteiger charge is 2.33. The molecular weight excluding hydrogens is 374 g/mol. The van der Waals surface area contributed by atoms with Crippen molar-refractivity contribution in [2.45, 2.75) is 23.8 Å². The number of hydrogen-bond donors (Lipinski definition) is 0. The van der Waals surface area contributed by atoms with E-state index in [2.05, 4.69) is 4.98 Å². The summed E-state index contributed by atoms with van der Waals surface area (Å²) in [6.45, 7) is 0.235. The van der Waals surface area contributed by atoms with Gasteiger partial charge in [-0.05, 0) is 31.0 Å². The van der Waals surface area contributed by atoms with Gasteiger partial charge in [0.15, 0.2) is 0 Å². The number of sulfonamides is 1. The first-order valence-electron chi connectivity index (χ1n) is 7.59. The fraction of sp³-hybridized carbons (Fsp3) is 0.312. The Bertz CT molecular complexity index is 879. The molecule has 0 N–H and O–H groups in total. The lowest BCUT2D eigenvalue weighted by Crippen LogP contribution is -2.44. The smallest absolute Gasteiger partial charge is 0.246 e. The average Bonchev–Trinajstić information content (AvgIpc) is 2.59. The summed E-state index contributed by atoms with van der Waals surface area (Å²) in [7, 11) is -4.16. The van der Waals surface area contributed by atoms with E-state index in [9.17, 15) is 17.2 Å². The lowest BCUT2D eigenvalue weighted by molar-refractivity contribution is 0.129. The van der Waals surface area contributed by atoms with E-state index in [-0.39, 0.29) is 13.1 Å². The van der Waals surface area contributed by atoms with Crippen molar-refractivity contribution in [3.63, 3.8) is 0 Å². The topological polar surface area (TPSA) is 59.5 Å². The Morgan fingerprint density at radius 3 is 2.84 bits per heavy atom. The van der Waals surface area contributed by atoms with Crippen molar-refractivity contribution in [3.8, 4) is 5.75 Å². The zero-order chi connectivity index (χ0) is 18.0. The highest BCUT2D eigenvalue weighted by Crippen LogP contribution is 2.28. The Labute approximate surface area is 149 Å². The number of hydrogen-bond acceptors (Lipinski definition) is 4.